The van der Waals surface area contributed by atoms with Crippen LogP contribution in [0.5, 0.6) is 0 Å². The molecular formula is C15H21ClN2O3S. The molecule has 2 rings (SSSR count). The maximum atomic E-state index is 12.4. The van der Waals surface area contributed by atoms with E-state index in [4.69, 9.17) is 11.6 Å². The number of hydrogen-bond donors (Lipinski definition) is 1. The Labute approximate surface area is 136 Å². The van der Waals surface area contributed by atoms with Gasteiger partial charge < -0.3 is 5.32 Å². The Hall–Kier alpha value is -1.11. The molecule has 7 heteroatoms. The lowest BCUT2D eigenvalue weighted by atomic mass is 10.1. The van der Waals surface area contributed by atoms with Crippen molar-refractivity contribution in [1.82, 2.24) is 9.62 Å². The minimum atomic E-state index is -3.33. The lowest BCUT2D eigenvalue weighted by Crippen LogP contribution is -2.46. The molecule has 0 radical (unpaired) electrons. The molecule has 1 aliphatic heterocycles. The van der Waals surface area contributed by atoms with Gasteiger partial charge in [-0.05, 0) is 30.5 Å². The smallest absolute Gasteiger partial charge is 0.219 e. The SMILES string of the molecule is CCC(=O)NC1CCN(S(=O)(=O)Cc2ccc(Cl)cc2)CC1. The normalized spacial score (nSPS) is 17.4. The topological polar surface area (TPSA) is 66.5 Å². The number of rotatable bonds is 5. The predicted molar refractivity (Wildman–Crippen MR) is 87.1 cm³/mol. The van der Waals surface area contributed by atoms with Gasteiger partial charge in [-0.3, -0.25) is 4.79 Å². The molecule has 0 unspecified atom stereocenters. The fourth-order valence-corrected chi connectivity index (χ4v) is 4.18. The molecule has 0 atom stereocenters. The van der Waals surface area contributed by atoms with E-state index in [1.165, 1.54) is 4.31 Å². The van der Waals surface area contributed by atoms with E-state index in [1.807, 2.05) is 0 Å². The van der Waals surface area contributed by atoms with Crippen LogP contribution < -0.4 is 5.32 Å². The summed E-state index contributed by atoms with van der Waals surface area (Å²) in [5.74, 6) is -0.00153. The zero-order valence-corrected chi connectivity index (χ0v) is 14.2. The van der Waals surface area contributed by atoms with Crippen molar-refractivity contribution in [2.45, 2.75) is 38.0 Å². The van der Waals surface area contributed by atoms with Crippen LogP contribution >= 0.6 is 11.6 Å². The standard InChI is InChI=1S/C15H21ClN2O3S/c1-2-15(19)17-14-7-9-18(10-8-14)22(20,21)11-12-3-5-13(16)6-4-12/h3-6,14H,2,7-11H2,1H3,(H,17,19). The molecule has 0 aromatic heterocycles. The van der Waals surface area contributed by atoms with Crippen LogP contribution in [0.25, 0.3) is 0 Å². The third-order valence-corrected chi connectivity index (χ3v) is 5.90. The summed E-state index contributed by atoms with van der Waals surface area (Å²) in [5, 5.41) is 3.51. The average molecular weight is 345 g/mol. The molecule has 22 heavy (non-hydrogen) atoms. The maximum absolute atomic E-state index is 12.4. The molecule has 1 aromatic carbocycles. The average Bonchev–Trinajstić information content (AvgIpc) is 2.50. The Morgan fingerprint density at radius 1 is 1.27 bits per heavy atom. The van der Waals surface area contributed by atoms with Crippen molar-refractivity contribution in [3.8, 4) is 0 Å². The monoisotopic (exact) mass is 344 g/mol. The van der Waals surface area contributed by atoms with Crippen LogP contribution in [-0.4, -0.2) is 37.8 Å². The van der Waals surface area contributed by atoms with Crippen molar-refractivity contribution < 1.29 is 13.2 Å². The molecule has 0 spiro atoms. The van der Waals surface area contributed by atoms with Crippen LogP contribution in [0.15, 0.2) is 24.3 Å². The molecule has 1 saturated heterocycles. The van der Waals surface area contributed by atoms with Gasteiger partial charge in [-0.1, -0.05) is 30.7 Å². The Morgan fingerprint density at radius 2 is 1.86 bits per heavy atom. The summed E-state index contributed by atoms with van der Waals surface area (Å²) in [6.45, 7) is 2.70. The lowest BCUT2D eigenvalue weighted by molar-refractivity contribution is -0.121. The first-order chi connectivity index (χ1) is 10.4. The minimum absolute atomic E-state index is 0.0162. The first kappa shape index (κ1) is 17.2. The number of halogens is 1. The minimum Gasteiger partial charge on any atom is -0.353 e. The highest BCUT2D eigenvalue weighted by Crippen LogP contribution is 2.19. The predicted octanol–water partition coefficient (Wildman–Crippen LogP) is 2.16. The number of carbonyl (C=O) groups is 1. The van der Waals surface area contributed by atoms with Crippen molar-refractivity contribution in [2.24, 2.45) is 0 Å². The van der Waals surface area contributed by atoms with Gasteiger partial charge in [0, 0.05) is 30.6 Å². The van der Waals surface area contributed by atoms with Gasteiger partial charge in [0.1, 0.15) is 0 Å². The number of sulfonamides is 1. The molecule has 1 amide bonds. The molecule has 1 N–H and O–H groups in total. The van der Waals surface area contributed by atoms with E-state index in [0.717, 1.165) is 5.56 Å². The molecule has 1 aromatic rings. The molecule has 1 aliphatic rings. The number of piperidine rings is 1. The van der Waals surface area contributed by atoms with Gasteiger partial charge in [0.25, 0.3) is 0 Å². The molecule has 1 heterocycles. The fraction of sp³-hybridized carbons (Fsp3) is 0.533. The number of amides is 1. The molecular weight excluding hydrogens is 324 g/mol. The number of nitrogens with zero attached hydrogens (tertiary/aromatic N) is 1. The summed E-state index contributed by atoms with van der Waals surface area (Å²) >= 11 is 5.81. The van der Waals surface area contributed by atoms with E-state index in [2.05, 4.69) is 5.32 Å². The number of hydrogen-bond acceptors (Lipinski definition) is 3. The Balaban J connectivity index is 1.92. The van der Waals surface area contributed by atoms with E-state index in [1.54, 1.807) is 31.2 Å². The number of nitrogens with one attached hydrogen (secondary N) is 1. The van der Waals surface area contributed by atoms with E-state index < -0.39 is 10.0 Å². The van der Waals surface area contributed by atoms with E-state index in [0.29, 0.717) is 37.4 Å². The molecule has 0 bridgehead atoms. The van der Waals surface area contributed by atoms with E-state index >= 15 is 0 Å². The summed E-state index contributed by atoms with van der Waals surface area (Å²) < 4.78 is 26.4. The van der Waals surface area contributed by atoms with Crippen molar-refractivity contribution in [3.05, 3.63) is 34.9 Å². The van der Waals surface area contributed by atoms with Gasteiger partial charge in [-0.2, -0.15) is 0 Å². The summed E-state index contributed by atoms with van der Waals surface area (Å²) in [6, 6.07) is 6.93. The van der Waals surface area contributed by atoms with Gasteiger partial charge >= 0.3 is 0 Å². The summed E-state index contributed by atoms with van der Waals surface area (Å²) in [6.07, 6.45) is 1.77. The van der Waals surface area contributed by atoms with Crippen molar-refractivity contribution in [1.29, 1.82) is 0 Å². The van der Waals surface area contributed by atoms with Gasteiger partial charge in [0.05, 0.1) is 5.75 Å². The van der Waals surface area contributed by atoms with E-state index in [-0.39, 0.29) is 17.7 Å². The second-order valence-electron chi connectivity index (χ2n) is 5.48. The Bertz CT molecular complexity index is 608. The van der Waals surface area contributed by atoms with Gasteiger partial charge in [0.15, 0.2) is 0 Å². The van der Waals surface area contributed by atoms with Crippen molar-refractivity contribution >= 4 is 27.5 Å². The first-order valence-electron chi connectivity index (χ1n) is 7.42. The molecule has 122 valence electrons. The van der Waals surface area contributed by atoms with E-state index in [9.17, 15) is 13.2 Å². The highest BCUT2D eigenvalue weighted by atomic mass is 35.5. The second-order valence-corrected chi connectivity index (χ2v) is 7.88. The van der Waals surface area contributed by atoms with Gasteiger partial charge in [-0.25, -0.2) is 12.7 Å². The van der Waals surface area contributed by atoms with Crippen LogP contribution in [0.3, 0.4) is 0 Å². The highest BCUT2D eigenvalue weighted by molar-refractivity contribution is 7.88. The third-order valence-electron chi connectivity index (χ3n) is 3.80. The van der Waals surface area contributed by atoms with Crippen molar-refractivity contribution in [3.63, 3.8) is 0 Å². The Kier molecular flexibility index (Phi) is 5.83. The number of benzene rings is 1. The van der Waals surface area contributed by atoms with Crippen LogP contribution in [0.4, 0.5) is 0 Å². The lowest BCUT2D eigenvalue weighted by Gasteiger charge is -2.31. The van der Waals surface area contributed by atoms with Crippen LogP contribution in [0.1, 0.15) is 31.7 Å². The van der Waals surface area contributed by atoms with Crippen molar-refractivity contribution in [2.75, 3.05) is 13.1 Å². The Morgan fingerprint density at radius 3 is 2.41 bits per heavy atom. The molecule has 0 saturated carbocycles. The maximum Gasteiger partial charge on any atom is 0.219 e. The van der Waals surface area contributed by atoms with Gasteiger partial charge in [-0.15, -0.1) is 0 Å². The summed E-state index contributed by atoms with van der Waals surface area (Å²) in [4.78, 5) is 11.4. The summed E-state index contributed by atoms with van der Waals surface area (Å²) in [7, 11) is -3.33. The quantitative estimate of drug-likeness (QED) is 0.890. The second kappa shape index (κ2) is 7.44. The highest BCUT2D eigenvalue weighted by Gasteiger charge is 2.28. The molecule has 0 aliphatic carbocycles. The first-order valence-corrected chi connectivity index (χ1v) is 9.41. The van der Waals surface area contributed by atoms with Crippen LogP contribution in [-0.2, 0) is 20.6 Å². The zero-order chi connectivity index (χ0) is 16.2. The summed E-state index contributed by atoms with van der Waals surface area (Å²) in [5.41, 5.74) is 0.728. The largest absolute Gasteiger partial charge is 0.353 e. The molecule has 1 fully saturated rings. The van der Waals surface area contributed by atoms with Crippen LogP contribution in [0.2, 0.25) is 5.02 Å². The fourth-order valence-electron chi connectivity index (χ4n) is 2.49. The zero-order valence-electron chi connectivity index (χ0n) is 12.6. The molecule has 5 nitrogen and oxygen atoms in total. The van der Waals surface area contributed by atoms with Gasteiger partial charge in [0.2, 0.25) is 15.9 Å². The third kappa shape index (κ3) is 4.69. The number of carbonyl (C=O) groups excluding carboxylic acids is 1. The van der Waals surface area contributed by atoms with Crippen LogP contribution in [0, 0.1) is 0 Å².